The summed E-state index contributed by atoms with van der Waals surface area (Å²) in [5.74, 6) is -4.90. The normalized spacial score (nSPS) is 24.6. The molecule has 0 spiro atoms. The number of benzene rings is 2. The van der Waals surface area contributed by atoms with Gasteiger partial charge in [-0.15, -0.1) is 0 Å². The molecule has 2 aromatic carbocycles. The van der Waals surface area contributed by atoms with Gasteiger partial charge in [0.1, 0.15) is 6.04 Å². The summed E-state index contributed by atoms with van der Waals surface area (Å²) in [6.45, 7) is 1.50. The number of likely N-dealkylation sites (tertiary alicyclic amines) is 1. The Balaban J connectivity index is 1.09. The van der Waals surface area contributed by atoms with Crippen LogP contribution in [0.3, 0.4) is 0 Å². The number of piperazine rings is 1. The molecular formula is C29H29Cl2F2N5O4. The summed E-state index contributed by atoms with van der Waals surface area (Å²) in [5, 5.41) is 3.15. The molecule has 0 aliphatic carbocycles. The SMILES string of the molecule is O=C1CCC(N2Cc3cc(C(=O)N4CCC(N5CCN(c6cccc(Cl)c6Cl)CC5)C(F)(F)C4)ccc3C2=O)C(=O)N1. The van der Waals surface area contributed by atoms with Crippen molar-refractivity contribution in [1.82, 2.24) is 20.0 Å². The first kappa shape index (κ1) is 28.8. The van der Waals surface area contributed by atoms with Gasteiger partial charge >= 0.3 is 0 Å². The van der Waals surface area contributed by atoms with Crippen LogP contribution in [-0.2, 0) is 16.1 Å². The van der Waals surface area contributed by atoms with Crippen molar-refractivity contribution in [2.45, 2.75) is 43.8 Å². The van der Waals surface area contributed by atoms with Gasteiger partial charge in [0.05, 0.1) is 28.3 Å². The maximum atomic E-state index is 15.5. The summed E-state index contributed by atoms with van der Waals surface area (Å²) in [7, 11) is 0. The van der Waals surface area contributed by atoms with Gasteiger partial charge in [0.25, 0.3) is 17.7 Å². The van der Waals surface area contributed by atoms with E-state index in [0.29, 0.717) is 47.4 Å². The summed E-state index contributed by atoms with van der Waals surface area (Å²) < 4.78 is 31.0. The van der Waals surface area contributed by atoms with E-state index in [9.17, 15) is 19.2 Å². The minimum absolute atomic E-state index is 0.103. The molecule has 4 aliphatic rings. The first-order valence-corrected chi connectivity index (χ1v) is 14.7. The van der Waals surface area contributed by atoms with Crippen LogP contribution in [0.4, 0.5) is 14.5 Å². The van der Waals surface area contributed by atoms with Crippen LogP contribution in [0.5, 0.6) is 0 Å². The molecule has 2 atom stereocenters. The number of carbonyl (C=O) groups is 4. The second-order valence-corrected chi connectivity index (χ2v) is 11.9. The number of hydrogen-bond donors (Lipinski definition) is 1. The highest BCUT2D eigenvalue weighted by Crippen LogP contribution is 2.36. The average molecular weight is 620 g/mol. The molecule has 13 heteroatoms. The van der Waals surface area contributed by atoms with E-state index >= 15 is 8.78 Å². The summed E-state index contributed by atoms with van der Waals surface area (Å²) >= 11 is 12.5. The lowest BCUT2D eigenvalue weighted by Crippen LogP contribution is -2.62. The van der Waals surface area contributed by atoms with Gasteiger partial charge in [-0.2, -0.15) is 0 Å². The first-order valence-electron chi connectivity index (χ1n) is 13.9. The largest absolute Gasteiger partial charge is 0.368 e. The number of carbonyl (C=O) groups excluding carboxylic acids is 4. The number of nitrogens with zero attached hydrogens (tertiary/aromatic N) is 4. The summed E-state index contributed by atoms with van der Waals surface area (Å²) in [5.41, 5.74) is 1.91. The molecule has 4 amide bonds. The van der Waals surface area contributed by atoms with E-state index in [0.717, 1.165) is 5.69 Å². The Morgan fingerprint density at radius 2 is 1.74 bits per heavy atom. The highest BCUT2D eigenvalue weighted by molar-refractivity contribution is 6.43. The number of amides is 4. The van der Waals surface area contributed by atoms with Gasteiger partial charge in [0, 0.05) is 56.8 Å². The van der Waals surface area contributed by atoms with E-state index < -0.39 is 36.4 Å². The molecule has 0 aromatic heterocycles. The highest BCUT2D eigenvalue weighted by atomic mass is 35.5. The third-order valence-electron chi connectivity index (χ3n) is 8.65. The molecule has 0 radical (unpaired) electrons. The number of piperidine rings is 2. The van der Waals surface area contributed by atoms with Crippen molar-refractivity contribution in [1.29, 1.82) is 0 Å². The molecule has 0 bridgehead atoms. The van der Waals surface area contributed by atoms with Crippen LogP contribution >= 0.6 is 23.2 Å². The maximum absolute atomic E-state index is 15.5. The zero-order chi connectivity index (χ0) is 29.8. The third kappa shape index (κ3) is 5.22. The molecule has 3 saturated heterocycles. The topological polar surface area (TPSA) is 93.3 Å². The fourth-order valence-electron chi connectivity index (χ4n) is 6.45. The predicted octanol–water partition coefficient (Wildman–Crippen LogP) is 3.43. The van der Waals surface area contributed by atoms with E-state index in [-0.39, 0.29) is 49.7 Å². The van der Waals surface area contributed by atoms with E-state index in [1.807, 2.05) is 17.0 Å². The fourth-order valence-corrected chi connectivity index (χ4v) is 6.87. The second kappa shape index (κ2) is 11.1. The molecular weight excluding hydrogens is 591 g/mol. The molecule has 42 heavy (non-hydrogen) atoms. The number of hydrogen-bond acceptors (Lipinski definition) is 6. The highest BCUT2D eigenvalue weighted by Gasteiger charge is 2.49. The van der Waals surface area contributed by atoms with Crippen molar-refractivity contribution in [2.75, 3.05) is 44.2 Å². The quantitative estimate of drug-likeness (QED) is 0.527. The lowest BCUT2D eigenvalue weighted by molar-refractivity contribution is -0.136. The Labute approximate surface area is 251 Å². The van der Waals surface area contributed by atoms with E-state index in [1.54, 1.807) is 17.0 Å². The van der Waals surface area contributed by atoms with Crippen molar-refractivity contribution < 1.29 is 28.0 Å². The number of anilines is 1. The first-order chi connectivity index (χ1) is 20.0. The molecule has 2 aromatic rings. The number of nitrogens with one attached hydrogen (secondary N) is 1. The fraction of sp³-hybridized carbons (Fsp3) is 0.448. The number of alkyl halides is 2. The average Bonchev–Trinajstić information content (AvgIpc) is 3.29. The van der Waals surface area contributed by atoms with Gasteiger partial charge in [0.2, 0.25) is 11.8 Å². The zero-order valence-electron chi connectivity index (χ0n) is 22.6. The van der Waals surface area contributed by atoms with Gasteiger partial charge < -0.3 is 14.7 Å². The number of fused-ring (bicyclic) bond motifs is 1. The van der Waals surface area contributed by atoms with Crippen LogP contribution in [0.1, 0.15) is 45.5 Å². The minimum Gasteiger partial charge on any atom is -0.368 e. The zero-order valence-corrected chi connectivity index (χ0v) is 24.1. The van der Waals surface area contributed by atoms with Crippen molar-refractivity contribution in [3.8, 4) is 0 Å². The Bertz CT molecular complexity index is 1470. The molecule has 9 nitrogen and oxygen atoms in total. The van der Waals surface area contributed by atoms with E-state index in [4.69, 9.17) is 23.2 Å². The van der Waals surface area contributed by atoms with Crippen LogP contribution in [0.2, 0.25) is 10.0 Å². The van der Waals surface area contributed by atoms with Crippen molar-refractivity contribution >= 4 is 52.5 Å². The Hall–Kier alpha value is -3.28. The van der Waals surface area contributed by atoms with E-state index in [1.165, 1.54) is 21.9 Å². The lowest BCUT2D eigenvalue weighted by atomic mass is 9.96. The van der Waals surface area contributed by atoms with Crippen molar-refractivity contribution in [2.24, 2.45) is 0 Å². The number of rotatable bonds is 4. The van der Waals surface area contributed by atoms with Crippen LogP contribution in [-0.4, -0.2) is 95.6 Å². The van der Waals surface area contributed by atoms with Gasteiger partial charge in [-0.1, -0.05) is 29.3 Å². The van der Waals surface area contributed by atoms with Crippen LogP contribution < -0.4 is 10.2 Å². The van der Waals surface area contributed by atoms with Crippen molar-refractivity contribution in [3.63, 3.8) is 0 Å². The number of halogens is 4. The smallest absolute Gasteiger partial charge is 0.280 e. The molecule has 6 rings (SSSR count). The molecule has 0 saturated carbocycles. The van der Waals surface area contributed by atoms with Gasteiger partial charge in [0.15, 0.2) is 0 Å². The predicted molar refractivity (Wildman–Crippen MR) is 152 cm³/mol. The Morgan fingerprint density at radius 1 is 0.976 bits per heavy atom. The molecule has 2 unspecified atom stereocenters. The molecule has 1 N–H and O–H groups in total. The number of imide groups is 1. The standard InChI is InChI=1S/C29H29Cl2F2N5O4/c30-20-2-1-3-21(25(20)31)35-10-12-36(13-11-35)23-8-9-37(16-29(23,32)33)27(41)17-4-5-19-18(14-17)15-38(28(19)42)22-6-7-24(39)34-26(22)40/h1-5,14,22-23H,6-13,15-16H2,(H,34,39,40). The van der Waals surface area contributed by atoms with Crippen LogP contribution in [0, 0.1) is 0 Å². The van der Waals surface area contributed by atoms with Crippen LogP contribution in [0.15, 0.2) is 36.4 Å². The molecule has 4 aliphatic heterocycles. The maximum Gasteiger partial charge on any atom is 0.280 e. The van der Waals surface area contributed by atoms with Gasteiger partial charge in [-0.05, 0) is 48.7 Å². The van der Waals surface area contributed by atoms with Crippen LogP contribution in [0.25, 0.3) is 0 Å². The minimum atomic E-state index is -3.11. The molecule has 222 valence electrons. The van der Waals surface area contributed by atoms with Crippen molar-refractivity contribution in [3.05, 3.63) is 63.1 Å². The van der Waals surface area contributed by atoms with Gasteiger partial charge in [-0.3, -0.25) is 29.4 Å². The molecule has 3 fully saturated rings. The summed E-state index contributed by atoms with van der Waals surface area (Å²) in [6, 6.07) is 8.14. The summed E-state index contributed by atoms with van der Waals surface area (Å²) in [6.07, 6.45) is 0.489. The third-order valence-corrected chi connectivity index (χ3v) is 9.46. The lowest BCUT2D eigenvalue weighted by Gasteiger charge is -2.46. The summed E-state index contributed by atoms with van der Waals surface area (Å²) in [4.78, 5) is 56.5. The molecule has 4 heterocycles. The second-order valence-electron chi connectivity index (χ2n) is 11.2. The Morgan fingerprint density at radius 3 is 2.45 bits per heavy atom. The van der Waals surface area contributed by atoms with E-state index in [2.05, 4.69) is 5.32 Å². The van der Waals surface area contributed by atoms with Gasteiger partial charge in [-0.25, -0.2) is 8.78 Å². The monoisotopic (exact) mass is 619 g/mol. The Kier molecular flexibility index (Phi) is 7.61.